The summed E-state index contributed by atoms with van der Waals surface area (Å²) in [7, 11) is 2.88. The molecule has 0 unspecified atom stereocenters. The van der Waals surface area contributed by atoms with Crippen LogP contribution in [0.3, 0.4) is 0 Å². The minimum atomic E-state index is -0.473. The maximum Gasteiger partial charge on any atom is 0.337 e. The van der Waals surface area contributed by atoms with E-state index in [-0.39, 0.29) is 5.91 Å². The minimum absolute atomic E-state index is 0.198. The highest BCUT2D eigenvalue weighted by atomic mass is 16.5. The summed E-state index contributed by atoms with van der Waals surface area (Å²) in [6.45, 7) is 1.75. The number of amides is 1. The number of hydrogen-bond acceptors (Lipinski definition) is 5. The molecule has 2 N–H and O–H groups in total. The molecule has 0 spiro atoms. The number of carbonyl (C=O) groups is 2. The average molecular weight is 328 g/mol. The van der Waals surface area contributed by atoms with Gasteiger partial charge in [0.05, 0.1) is 25.5 Å². The van der Waals surface area contributed by atoms with Crippen LogP contribution in [0.25, 0.3) is 0 Å². The Morgan fingerprint density at radius 3 is 2.29 bits per heavy atom. The minimum Gasteiger partial charge on any atom is -0.495 e. The summed E-state index contributed by atoms with van der Waals surface area (Å²) in [5.74, 6) is 0.000500. The largest absolute Gasteiger partial charge is 0.495 e. The number of rotatable bonds is 6. The molecule has 2 rings (SSSR count). The highest BCUT2D eigenvalue weighted by molar-refractivity contribution is 5.97. The van der Waals surface area contributed by atoms with Gasteiger partial charge < -0.3 is 20.1 Å². The molecule has 0 fully saturated rings. The van der Waals surface area contributed by atoms with Gasteiger partial charge in [0.25, 0.3) is 0 Å². The summed E-state index contributed by atoms with van der Waals surface area (Å²) in [6, 6.07) is 13.4. The number of ether oxygens (including phenoxy) is 2. The zero-order valence-corrected chi connectivity index (χ0v) is 13.8. The van der Waals surface area contributed by atoms with Gasteiger partial charge in [-0.1, -0.05) is 12.1 Å². The third-order valence-corrected chi connectivity index (χ3v) is 3.45. The van der Waals surface area contributed by atoms with E-state index in [1.54, 1.807) is 50.4 Å². The molecule has 6 nitrogen and oxygen atoms in total. The van der Waals surface area contributed by atoms with Crippen LogP contribution in [0.2, 0.25) is 0 Å². The Kier molecular flexibility index (Phi) is 5.78. The van der Waals surface area contributed by atoms with Crippen LogP contribution in [0.4, 0.5) is 11.4 Å². The molecule has 24 heavy (non-hydrogen) atoms. The molecule has 2 aromatic rings. The van der Waals surface area contributed by atoms with Crippen LogP contribution in [0.5, 0.6) is 5.75 Å². The van der Waals surface area contributed by atoms with Crippen molar-refractivity contribution >= 4 is 23.3 Å². The van der Waals surface area contributed by atoms with Crippen molar-refractivity contribution < 1.29 is 19.1 Å². The van der Waals surface area contributed by atoms with Crippen molar-refractivity contribution in [3.8, 4) is 5.75 Å². The molecule has 0 saturated carbocycles. The third kappa shape index (κ3) is 4.25. The van der Waals surface area contributed by atoms with Crippen molar-refractivity contribution in [2.75, 3.05) is 24.9 Å². The number of nitrogens with one attached hydrogen (secondary N) is 2. The first kappa shape index (κ1) is 17.3. The van der Waals surface area contributed by atoms with Gasteiger partial charge in [0.2, 0.25) is 5.91 Å². The number of para-hydroxylation sites is 2. The fourth-order valence-corrected chi connectivity index (χ4v) is 2.12. The summed E-state index contributed by atoms with van der Waals surface area (Å²) in [4.78, 5) is 23.7. The number of benzene rings is 2. The van der Waals surface area contributed by atoms with Crippen LogP contribution >= 0.6 is 0 Å². The van der Waals surface area contributed by atoms with Gasteiger partial charge in [0, 0.05) is 5.69 Å². The lowest BCUT2D eigenvalue weighted by Crippen LogP contribution is -2.32. The van der Waals surface area contributed by atoms with Gasteiger partial charge in [0.1, 0.15) is 11.8 Å². The number of anilines is 2. The lowest BCUT2D eigenvalue weighted by Gasteiger charge is -2.16. The molecule has 1 amide bonds. The maximum atomic E-state index is 12.3. The highest BCUT2D eigenvalue weighted by Gasteiger charge is 2.15. The summed E-state index contributed by atoms with van der Waals surface area (Å²) >= 11 is 0. The van der Waals surface area contributed by atoms with Crippen molar-refractivity contribution in [1.29, 1.82) is 0 Å². The van der Waals surface area contributed by atoms with Crippen molar-refractivity contribution in [1.82, 2.24) is 0 Å². The molecule has 0 aliphatic heterocycles. The van der Waals surface area contributed by atoms with Crippen LogP contribution in [-0.2, 0) is 9.53 Å². The van der Waals surface area contributed by atoms with Gasteiger partial charge in [-0.2, -0.15) is 0 Å². The SMILES string of the molecule is COC(=O)c1ccc(N[C@@H](C)C(=O)Nc2ccccc2OC)cc1. The van der Waals surface area contributed by atoms with E-state index in [0.717, 1.165) is 5.69 Å². The highest BCUT2D eigenvalue weighted by Crippen LogP contribution is 2.23. The Balaban J connectivity index is 2.00. The Labute approximate surface area is 140 Å². The second kappa shape index (κ2) is 8.01. The van der Waals surface area contributed by atoms with E-state index in [0.29, 0.717) is 17.0 Å². The van der Waals surface area contributed by atoms with E-state index in [9.17, 15) is 9.59 Å². The van der Waals surface area contributed by atoms with Crippen LogP contribution in [0.1, 0.15) is 17.3 Å². The van der Waals surface area contributed by atoms with Gasteiger partial charge in [-0.25, -0.2) is 4.79 Å². The quantitative estimate of drug-likeness (QED) is 0.797. The second-order valence-corrected chi connectivity index (χ2v) is 5.12. The van der Waals surface area contributed by atoms with E-state index >= 15 is 0 Å². The van der Waals surface area contributed by atoms with Gasteiger partial charge >= 0.3 is 5.97 Å². The van der Waals surface area contributed by atoms with E-state index < -0.39 is 12.0 Å². The predicted octanol–water partition coefficient (Wildman–Crippen LogP) is 2.92. The first-order chi connectivity index (χ1) is 11.5. The predicted molar refractivity (Wildman–Crippen MR) is 92.5 cm³/mol. The van der Waals surface area contributed by atoms with Crippen LogP contribution in [-0.4, -0.2) is 32.1 Å². The summed E-state index contributed by atoms with van der Waals surface area (Å²) in [5, 5.41) is 5.90. The fourth-order valence-electron chi connectivity index (χ4n) is 2.12. The first-order valence-electron chi connectivity index (χ1n) is 7.44. The molecule has 126 valence electrons. The molecule has 0 aromatic heterocycles. The number of esters is 1. The van der Waals surface area contributed by atoms with Crippen LogP contribution in [0.15, 0.2) is 48.5 Å². The van der Waals surface area contributed by atoms with Crippen molar-refractivity contribution in [2.45, 2.75) is 13.0 Å². The Morgan fingerprint density at radius 2 is 1.67 bits per heavy atom. The van der Waals surface area contributed by atoms with Crippen molar-refractivity contribution in [2.24, 2.45) is 0 Å². The molecule has 6 heteroatoms. The van der Waals surface area contributed by atoms with Gasteiger partial charge in [-0.3, -0.25) is 4.79 Å². The molecule has 0 radical (unpaired) electrons. The average Bonchev–Trinajstić information content (AvgIpc) is 2.62. The maximum absolute atomic E-state index is 12.3. The smallest absolute Gasteiger partial charge is 0.337 e. The van der Waals surface area contributed by atoms with Crippen molar-refractivity contribution in [3.05, 3.63) is 54.1 Å². The van der Waals surface area contributed by atoms with Crippen molar-refractivity contribution in [3.63, 3.8) is 0 Å². The molecular formula is C18H20N2O4. The lowest BCUT2D eigenvalue weighted by atomic mass is 10.2. The van der Waals surface area contributed by atoms with E-state index in [2.05, 4.69) is 15.4 Å². The molecular weight excluding hydrogens is 308 g/mol. The monoisotopic (exact) mass is 328 g/mol. The van der Waals surface area contributed by atoms with E-state index in [4.69, 9.17) is 4.74 Å². The third-order valence-electron chi connectivity index (χ3n) is 3.45. The van der Waals surface area contributed by atoms with E-state index in [1.807, 2.05) is 12.1 Å². The summed E-state index contributed by atoms with van der Waals surface area (Å²) in [6.07, 6.45) is 0. The van der Waals surface area contributed by atoms with Gasteiger partial charge in [-0.05, 0) is 43.3 Å². The summed E-state index contributed by atoms with van der Waals surface area (Å²) in [5.41, 5.74) is 1.79. The van der Waals surface area contributed by atoms with Gasteiger partial charge in [-0.15, -0.1) is 0 Å². The molecule has 0 aliphatic carbocycles. The van der Waals surface area contributed by atoms with Crippen LogP contribution < -0.4 is 15.4 Å². The topological polar surface area (TPSA) is 76.7 Å². The molecule has 2 aromatic carbocycles. The molecule has 1 atom stereocenters. The molecule has 0 aliphatic rings. The first-order valence-corrected chi connectivity index (χ1v) is 7.44. The van der Waals surface area contributed by atoms with E-state index in [1.165, 1.54) is 7.11 Å². The lowest BCUT2D eigenvalue weighted by molar-refractivity contribution is -0.116. The Morgan fingerprint density at radius 1 is 1.00 bits per heavy atom. The summed E-state index contributed by atoms with van der Waals surface area (Å²) < 4.78 is 9.86. The Hall–Kier alpha value is -3.02. The molecule has 0 saturated heterocycles. The van der Waals surface area contributed by atoms with Crippen LogP contribution in [0, 0.1) is 0 Å². The Bertz CT molecular complexity index is 713. The number of methoxy groups -OCH3 is 2. The molecule has 0 bridgehead atoms. The standard InChI is InChI=1S/C18H20N2O4/c1-12(17(21)20-15-6-4-5-7-16(15)23-2)19-14-10-8-13(9-11-14)18(22)24-3/h4-12,19H,1-3H3,(H,20,21)/t12-/m0/s1. The number of carbonyl (C=O) groups excluding carboxylic acids is 2. The number of hydrogen-bond donors (Lipinski definition) is 2. The van der Waals surface area contributed by atoms with Gasteiger partial charge in [0.15, 0.2) is 0 Å². The fraction of sp³-hybridized carbons (Fsp3) is 0.222. The molecule has 0 heterocycles. The zero-order valence-electron chi connectivity index (χ0n) is 13.8. The zero-order chi connectivity index (χ0) is 17.5. The second-order valence-electron chi connectivity index (χ2n) is 5.12. The normalized spacial score (nSPS) is 11.3.